The van der Waals surface area contributed by atoms with Crippen LogP contribution in [0.2, 0.25) is 0 Å². The number of pyridine rings is 1. The highest BCUT2D eigenvalue weighted by Crippen LogP contribution is 2.04. The van der Waals surface area contributed by atoms with Gasteiger partial charge in [-0.15, -0.1) is 0 Å². The van der Waals surface area contributed by atoms with E-state index in [2.05, 4.69) is 4.98 Å². The van der Waals surface area contributed by atoms with Crippen molar-refractivity contribution < 1.29 is 14.7 Å². The van der Waals surface area contributed by atoms with Crippen molar-refractivity contribution in [3.05, 3.63) is 30.1 Å². The minimum absolute atomic E-state index is 0.349. The highest BCUT2D eigenvalue weighted by molar-refractivity contribution is 5.96. The summed E-state index contributed by atoms with van der Waals surface area (Å²) in [5, 5.41) is 8.74. The number of amides is 1. The van der Waals surface area contributed by atoms with Crippen molar-refractivity contribution in [1.82, 2.24) is 9.88 Å². The summed E-state index contributed by atoms with van der Waals surface area (Å²) in [6.07, 6.45) is 2.96. The van der Waals surface area contributed by atoms with E-state index >= 15 is 0 Å². The molecule has 1 aromatic rings. The largest absolute Gasteiger partial charge is 0.480 e. The number of aliphatic carboxylic acids is 1. The van der Waals surface area contributed by atoms with Crippen molar-refractivity contribution >= 4 is 11.9 Å². The van der Waals surface area contributed by atoms with Crippen LogP contribution in [-0.4, -0.2) is 40.0 Å². The van der Waals surface area contributed by atoms with Gasteiger partial charge in [-0.1, -0.05) is 0 Å². The van der Waals surface area contributed by atoms with Crippen LogP contribution in [0.3, 0.4) is 0 Å². The number of nitrogens with zero attached hydrogens (tertiary/aromatic N) is 2. The number of hydrogen-bond acceptors (Lipinski definition) is 3. The Morgan fingerprint density at radius 3 is 2.67 bits per heavy atom. The lowest BCUT2D eigenvalue weighted by Crippen LogP contribution is -2.40. The maximum Gasteiger partial charge on any atom is 0.326 e. The van der Waals surface area contributed by atoms with E-state index in [1.54, 1.807) is 18.3 Å². The van der Waals surface area contributed by atoms with E-state index in [9.17, 15) is 9.59 Å². The molecule has 1 rings (SSSR count). The van der Waals surface area contributed by atoms with Crippen LogP contribution in [0.25, 0.3) is 0 Å². The molecular weight excluding hydrogens is 196 g/mol. The zero-order valence-corrected chi connectivity index (χ0v) is 8.54. The molecule has 0 aliphatic heterocycles. The molecule has 0 saturated carbocycles. The molecule has 5 heteroatoms. The number of carboxylic acid groups (broad SMARTS) is 1. The second-order valence-corrected chi connectivity index (χ2v) is 3.17. The van der Waals surface area contributed by atoms with Crippen LogP contribution < -0.4 is 0 Å². The SMILES string of the molecule is CC(C(=O)O)N(C)C(=O)c1cccnc1. The summed E-state index contributed by atoms with van der Waals surface area (Å²) in [4.78, 5) is 27.3. The minimum Gasteiger partial charge on any atom is -0.480 e. The molecule has 80 valence electrons. The average Bonchev–Trinajstić information content (AvgIpc) is 2.27. The number of likely N-dealkylation sites (N-methyl/N-ethyl adjacent to an activating group) is 1. The molecule has 1 amide bonds. The molecule has 0 aliphatic rings. The van der Waals surface area contributed by atoms with Crippen LogP contribution in [0.4, 0.5) is 0 Å². The summed E-state index contributed by atoms with van der Waals surface area (Å²) >= 11 is 0. The van der Waals surface area contributed by atoms with Gasteiger partial charge in [0.05, 0.1) is 5.56 Å². The molecule has 1 atom stereocenters. The third kappa shape index (κ3) is 2.52. The van der Waals surface area contributed by atoms with Gasteiger partial charge in [0, 0.05) is 19.4 Å². The molecule has 0 saturated heterocycles. The van der Waals surface area contributed by atoms with E-state index in [1.807, 2.05) is 0 Å². The average molecular weight is 208 g/mol. The summed E-state index contributed by atoms with van der Waals surface area (Å²) in [5.74, 6) is -1.38. The lowest BCUT2D eigenvalue weighted by Gasteiger charge is -2.21. The molecule has 5 nitrogen and oxygen atoms in total. The highest BCUT2D eigenvalue weighted by atomic mass is 16.4. The Labute approximate surface area is 87.4 Å². The maximum atomic E-state index is 11.7. The van der Waals surface area contributed by atoms with Crippen LogP contribution in [0.5, 0.6) is 0 Å². The number of carbonyl (C=O) groups excluding carboxylic acids is 1. The van der Waals surface area contributed by atoms with Gasteiger partial charge in [-0.25, -0.2) is 4.79 Å². The predicted octanol–water partition coefficient (Wildman–Crippen LogP) is 0.627. The standard InChI is InChI=1S/C10H12N2O3/c1-7(10(14)15)12(2)9(13)8-4-3-5-11-6-8/h3-7H,1-2H3,(H,14,15). The van der Waals surface area contributed by atoms with Crippen LogP contribution in [0, 0.1) is 0 Å². The van der Waals surface area contributed by atoms with Crippen molar-refractivity contribution in [2.24, 2.45) is 0 Å². The van der Waals surface area contributed by atoms with Gasteiger partial charge in [-0.3, -0.25) is 9.78 Å². The lowest BCUT2D eigenvalue weighted by atomic mass is 10.2. The molecule has 0 aliphatic carbocycles. The van der Waals surface area contributed by atoms with Gasteiger partial charge >= 0.3 is 5.97 Å². The zero-order valence-electron chi connectivity index (χ0n) is 8.54. The number of hydrogen-bond donors (Lipinski definition) is 1. The quantitative estimate of drug-likeness (QED) is 0.790. The van der Waals surface area contributed by atoms with Crippen molar-refractivity contribution in [1.29, 1.82) is 0 Å². The van der Waals surface area contributed by atoms with E-state index in [4.69, 9.17) is 5.11 Å². The third-order valence-electron chi connectivity index (χ3n) is 2.17. The summed E-state index contributed by atoms with van der Waals surface area (Å²) in [6.45, 7) is 1.45. The van der Waals surface area contributed by atoms with Crippen LogP contribution in [-0.2, 0) is 4.79 Å². The number of carboxylic acids is 1. The molecule has 0 aromatic carbocycles. The van der Waals surface area contributed by atoms with Crippen LogP contribution >= 0.6 is 0 Å². The van der Waals surface area contributed by atoms with Gasteiger partial charge in [-0.05, 0) is 19.1 Å². The molecular formula is C10H12N2O3. The Bertz CT molecular complexity index is 364. The van der Waals surface area contributed by atoms with Crippen molar-refractivity contribution in [3.63, 3.8) is 0 Å². The molecule has 1 heterocycles. The first-order valence-electron chi connectivity index (χ1n) is 4.44. The molecule has 0 radical (unpaired) electrons. The Hall–Kier alpha value is -1.91. The summed E-state index contributed by atoms with van der Waals surface area (Å²) in [6, 6.07) is 2.38. The summed E-state index contributed by atoms with van der Waals surface area (Å²) < 4.78 is 0. The van der Waals surface area contributed by atoms with E-state index in [-0.39, 0.29) is 5.91 Å². The Morgan fingerprint density at radius 1 is 1.53 bits per heavy atom. The Morgan fingerprint density at radius 2 is 2.20 bits per heavy atom. The van der Waals surface area contributed by atoms with E-state index in [1.165, 1.54) is 25.1 Å². The second-order valence-electron chi connectivity index (χ2n) is 3.17. The summed E-state index contributed by atoms with van der Waals surface area (Å²) in [5.41, 5.74) is 0.383. The van der Waals surface area contributed by atoms with Gasteiger partial charge in [0.15, 0.2) is 0 Å². The van der Waals surface area contributed by atoms with Crippen molar-refractivity contribution in [2.45, 2.75) is 13.0 Å². The second kappa shape index (κ2) is 4.54. The normalized spacial score (nSPS) is 11.9. The summed E-state index contributed by atoms with van der Waals surface area (Å²) in [7, 11) is 1.45. The Balaban J connectivity index is 2.82. The van der Waals surface area contributed by atoms with E-state index < -0.39 is 12.0 Å². The van der Waals surface area contributed by atoms with E-state index in [0.717, 1.165) is 0 Å². The lowest BCUT2D eigenvalue weighted by molar-refractivity contribution is -0.141. The third-order valence-corrected chi connectivity index (χ3v) is 2.17. The van der Waals surface area contributed by atoms with Gasteiger partial charge in [-0.2, -0.15) is 0 Å². The van der Waals surface area contributed by atoms with Crippen molar-refractivity contribution in [3.8, 4) is 0 Å². The first kappa shape index (κ1) is 11.2. The first-order valence-corrected chi connectivity index (χ1v) is 4.44. The number of carbonyl (C=O) groups is 2. The minimum atomic E-state index is -1.03. The molecule has 1 aromatic heterocycles. The maximum absolute atomic E-state index is 11.7. The van der Waals surface area contributed by atoms with Crippen LogP contribution in [0.1, 0.15) is 17.3 Å². The highest BCUT2D eigenvalue weighted by Gasteiger charge is 2.22. The topological polar surface area (TPSA) is 70.5 Å². The fourth-order valence-corrected chi connectivity index (χ4v) is 1.03. The monoisotopic (exact) mass is 208 g/mol. The van der Waals surface area contributed by atoms with Crippen LogP contribution in [0.15, 0.2) is 24.5 Å². The van der Waals surface area contributed by atoms with E-state index in [0.29, 0.717) is 5.56 Å². The van der Waals surface area contributed by atoms with Gasteiger partial charge in [0.1, 0.15) is 6.04 Å². The molecule has 1 N–H and O–H groups in total. The first-order chi connectivity index (χ1) is 7.04. The molecule has 0 spiro atoms. The van der Waals surface area contributed by atoms with Gasteiger partial charge in [0.2, 0.25) is 0 Å². The smallest absolute Gasteiger partial charge is 0.326 e. The van der Waals surface area contributed by atoms with Crippen molar-refractivity contribution in [2.75, 3.05) is 7.05 Å². The molecule has 1 unspecified atom stereocenters. The Kier molecular flexibility index (Phi) is 3.38. The molecule has 0 bridgehead atoms. The number of aromatic nitrogens is 1. The van der Waals surface area contributed by atoms with Gasteiger partial charge in [0.25, 0.3) is 5.91 Å². The molecule has 15 heavy (non-hydrogen) atoms. The zero-order chi connectivity index (χ0) is 11.4. The fraction of sp³-hybridized carbons (Fsp3) is 0.300. The predicted molar refractivity (Wildman–Crippen MR) is 53.4 cm³/mol. The molecule has 0 fully saturated rings. The fourth-order valence-electron chi connectivity index (χ4n) is 1.03. The number of rotatable bonds is 3. The van der Waals surface area contributed by atoms with Gasteiger partial charge < -0.3 is 10.0 Å².